The molecule has 110 valence electrons. The number of amides is 1. The summed E-state index contributed by atoms with van der Waals surface area (Å²) in [6, 6.07) is 7.97. The van der Waals surface area contributed by atoms with Crippen molar-refractivity contribution in [2.24, 2.45) is 0 Å². The van der Waals surface area contributed by atoms with E-state index in [0.717, 1.165) is 6.07 Å². The van der Waals surface area contributed by atoms with Gasteiger partial charge in [-0.3, -0.25) is 4.79 Å². The second-order valence-electron chi connectivity index (χ2n) is 4.31. The van der Waals surface area contributed by atoms with Crippen LogP contribution in [0.4, 0.5) is 18.9 Å². The quantitative estimate of drug-likeness (QED) is 0.914. The average molecular weight is 295 g/mol. The molecule has 0 bridgehead atoms. The number of rotatable bonds is 3. The Balaban J connectivity index is 2.10. The van der Waals surface area contributed by atoms with Crippen molar-refractivity contribution in [3.8, 4) is 0 Å². The normalized spacial score (nSPS) is 11.2. The summed E-state index contributed by atoms with van der Waals surface area (Å²) in [6.45, 7) is -0.236. The van der Waals surface area contributed by atoms with Crippen LogP contribution in [0, 0.1) is 0 Å². The van der Waals surface area contributed by atoms with Gasteiger partial charge < -0.3 is 11.1 Å². The van der Waals surface area contributed by atoms with Crippen LogP contribution in [0.3, 0.4) is 0 Å². The van der Waals surface area contributed by atoms with E-state index < -0.39 is 17.6 Å². The smallest absolute Gasteiger partial charge is 0.397 e. The van der Waals surface area contributed by atoms with Crippen molar-refractivity contribution in [1.82, 2.24) is 10.3 Å². The van der Waals surface area contributed by atoms with Gasteiger partial charge in [-0.05, 0) is 23.8 Å². The van der Waals surface area contributed by atoms with E-state index in [1.807, 2.05) is 0 Å². The van der Waals surface area contributed by atoms with Crippen LogP contribution in [0.2, 0.25) is 0 Å². The van der Waals surface area contributed by atoms with Gasteiger partial charge in [-0.15, -0.1) is 0 Å². The van der Waals surface area contributed by atoms with E-state index in [1.54, 1.807) is 0 Å². The van der Waals surface area contributed by atoms with E-state index in [0.29, 0.717) is 5.69 Å². The lowest BCUT2D eigenvalue weighted by atomic mass is 10.1. The summed E-state index contributed by atoms with van der Waals surface area (Å²) in [5, 5.41) is 2.40. The molecule has 0 radical (unpaired) electrons. The molecule has 0 fully saturated rings. The summed E-state index contributed by atoms with van der Waals surface area (Å²) in [5.74, 6) is -0.563. The SMILES string of the molecule is Nc1ccc(C(=O)NCc2ccccc2C(F)(F)F)nc1. The van der Waals surface area contributed by atoms with Crippen LogP contribution in [-0.4, -0.2) is 10.9 Å². The molecule has 1 amide bonds. The van der Waals surface area contributed by atoms with Crippen LogP contribution in [0.15, 0.2) is 42.6 Å². The molecule has 0 aliphatic rings. The van der Waals surface area contributed by atoms with E-state index in [2.05, 4.69) is 10.3 Å². The molecule has 7 heteroatoms. The van der Waals surface area contributed by atoms with E-state index >= 15 is 0 Å². The van der Waals surface area contributed by atoms with Gasteiger partial charge in [0.1, 0.15) is 5.69 Å². The molecule has 0 aliphatic heterocycles. The van der Waals surface area contributed by atoms with Gasteiger partial charge in [-0.25, -0.2) is 4.98 Å². The van der Waals surface area contributed by atoms with Gasteiger partial charge in [0.25, 0.3) is 5.91 Å². The molecule has 2 rings (SSSR count). The lowest BCUT2D eigenvalue weighted by Crippen LogP contribution is -2.25. The molecule has 1 heterocycles. The second kappa shape index (κ2) is 5.82. The highest BCUT2D eigenvalue weighted by Gasteiger charge is 2.32. The number of nitrogens with one attached hydrogen (secondary N) is 1. The molecule has 1 aromatic carbocycles. The molecular weight excluding hydrogens is 283 g/mol. The minimum absolute atomic E-state index is 0.00575. The maximum Gasteiger partial charge on any atom is 0.416 e. The Bertz CT molecular complexity index is 639. The predicted octanol–water partition coefficient (Wildman–Crippen LogP) is 2.61. The number of carbonyl (C=O) groups is 1. The summed E-state index contributed by atoms with van der Waals surface area (Å²) in [5.41, 5.74) is 5.16. The van der Waals surface area contributed by atoms with Gasteiger partial charge in [0.05, 0.1) is 17.4 Å². The number of nitrogens with zero attached hydrogens (tertiary/aromatic N) is 1. The van der Waals surface area contributed by atoms with Crippen molar-refractivity contribution >= 4 is 11.6 Å². The molecule has 0 saturated carbocycles. The summed E-state index contributed by atoms with van der Waals surface area (Å²) < 4.78 is 38.4. The van der Waals surface area contributed by atoms with Crippen molar-refractivity contribution in [3.05, 3.63) is 59.4 Å². The first kappa shape index (κ1) is 14.8. The molecule has 0 unspecified atom stereocenters. The van der Waals surface area contributed by atoms with E-state index in [-0.39, 0.29) is 17.8 Å². The number of anilines is 1. The van der Waals surface area contributed by atoms with Crippen LogP contribution in [-0.2, 0) is 12.7 Å². The molecule has 0 saturated heterocycles. The molecule has 0 aliphatic carbocycles. The summed E-state index contributed by atoms with van der Waals surface area (Å²) >= 11 is 0. The number of hydrogen-bond acceptors (Lipinski definition) is 3. The fourth-order valence-corrected chi connectivity index (χ4v) is 1.76. The number of aromatic nitrogens is 1. The third-order valence-corrected chi connectivity index (χ3v) is 2.78. The monoisotopic (exact) mass is 295 g/mol. The fraction of sp³-hybridized carbons (Fsp3) is 0.143. The summed E-state index contributed by atoms with van der Waals surface area (Å²) in [4.78, 5) is 15.6. The van der Waals surface area contributed by atoms with Gasteiger partial charge in [0.2, 0.25) is 0 Å². The van der Waals surface area contributed by atoms with Crippen molar-refractivity contribution in [2.75, 3.05) is 5.73 Å². The summed E-state index contributed by atoms with van der Waals surface area (Å²) in [6.07, 6.45) is -3.15. The highest BCUT2D eigenvalue weighted by molar-refractivity contribution is 5.92. The second-order valence-corrected chi connectivity index (χ2v) is 4.31. The Morgan fingerprint density at radius 1 is 1.19 bits per heavy atom. The van der Waals surface area contributed by atoms with Crippen LogP contribution in [0.1, 0.15) is 21.6 Å². The molecule has 0 atom stereocenters. The Morgan fingerprint density at radius 2 is 1.90 bits per heavy atom. The third kappa shape index (κ3) is 3.71. The summed E-state index contributed by atoms with van der Waals surface area (Å²) in [7, 11) is 0. The minimum Gasteiger partial charge on any atom is -0.397 e. The number of benzene rings is 1. The topological polar surface area (TPSA) is 68.0 Å². The van der Waals surface area contributed by atoms with Crippen molar-refractivity contribution < 1.29 is 18.0 Å². The van der Waals surface area contributed by atoms with Crippen LogP contribution in [0.5, 0.6) is 0 Å². The number of pyridine rings is 1. The van der Waals surface area contributed by atoms with Gasteiger partial charge in [-0.1, -0.05) is 18.2 Å². The van der Waals surface area contributed by atoms with Gasteiger partial charge >= 0.3 is 6.18 Å². The largest absolute Gasteiger partial charge is 0.416 e. The van der Waals surface area contributed by atoms with Crippen LogP contribution < -0.4 is 11.1 Å². The minimum atomic E-state index is -4.46. The number of halogens is 3. The first-order chi connectivity index (χ1) is 9.88. The van der Waals surface area contributed by atoms with Crippen molar-refractivity contribution in [3.63, 3.8) is 0 Å². The molecule has 0 spiro atoms. The maximum absolute atomic E-state index is 12.8. The number of nitrogens with two attached hydrogens (primary N) is 1. The predicted molar refractivity (Wildman–Crippen MR) is 71.3 cm³/mol. The first-order valence-electron chi connectivity index (χ1n) is 6.03. The number of alkyl halides is 3. The highest BCUT2D eigenvalue weighted by Crippen LogP contribution is 2.31. The zero-order valence-corrected chi connectivity index (χ0v) is 10.8. The molecule has 3 N–H and O–H groups in total. The van der Waals surface area contributed by atoms with Gasteiger partial charge in [0.15, 0.2) is 0 Å². The van der Waals surface area contributed by atoms with Crippen molar-refractivity contribution in [2.45, 2.75) is 12.7 Å². The molecule has 21 heavy (non-hydrogen) atoms. The number of nitrogen functional groups attached to an aromatic ring is 1. The Kier molecular flexibility index (Phi) is 4.11. The maximum atomic E-state index is 12.8. The van der Waals surface area contributed by atoms with Crippen LogP contribution >= 0.6 is 0 Å². The van der Waals surface area contributed by atoms with E-state index in [4.69, 9.17) is 5.73 Å². The lowest BCUT2D eigenvalue weighted by Gasteiger charge is -2.13. The zero-order valence-electron chi connectivity index (χ0n) is 10.8. The number of hydrogen-bond donors (Lipinski definition) is 2. The van der Waals surface area contributed by atoms with E-state index in [1.165, 1.54) is 36.5 Å². The van der Waals surface area contributed by atoms with E-state index in [9.17, 15) is 18.0 Å². The zero-order chi connectivity index (χ0) is 15.5. The van der Waals surface area contributed by atoms with Crippen LogP contribution in [0.25, 0.3) is 0 Å². The lowest BCUT2D eigenvalue weighted by molar-refractivity contribution is -0.138. The van der Waals surface area contributed by atoms with Gasteiger partial charge in [-0.2, -0.15) is 13.2 Å². The highest BCUT2D eigenvalue weighted by atomic mass is 19.4. The molecule has 2 aromatic rings. The van der Waals surface area contributed by atoms with Gasteiger partial charge in [0, 0.05) is 6.54 Å². The molecule has 4 nitrogen and oxygen atoms in total. The standard InChI is InChI=1S/C14H12F3N3O/c15-14(16,17)11-4-2-1-3-9(11)7-20-13(21)12-6-5-10(18)8-19-12/h1-6,8H,7,18H2,(H,20,21). The number of carbonyl (C=O) groups excluding carboxylic acids is 1. The Labute approximate surface area is 118 Å². The Morgan fingerprint density at radius 3 is 2.52 bits per heavy atom. The third-order valence-electron chi connectivity index (χ3n) is 2.78. The molecular formula is C14H12F3N3O. The fourth-order valence-electron chi connectivity index (χ4n) is 1.76. The first-order valence-corrected chi connectivity index (χ1v) is 6.03. The average Bonchev–Trinajstić information content (AvgIpc) is 2.45. The molecule has 1 aromatic heterocycles. The van der Waals surface area contributed by atoms with Crippen molar-refractivity contribution in [1.29, 1.82) is 0 Å². The Hall–Kier alpha value is -2.57.